The van der Waals surface area contributed by atoms with E-state index in [1.807, 2.05) is 0 Å². The number of rotatable bonds is 5. The molecule has 18 heavy (non-hydrogen) atoms. The second-order valence-electron chi connectivity index (χ2n) is 3.89. The van der Waals surface area contributed by atoms with Crippen LogP contribution in [-0.2, 0) is 16.1 Å². The summed E-state index contributed by atoms with van der Waals surface area (Å²) in [5, 5.41) is 9.58. The van der Waals surface area contributed by atoms with Crippen LogP contribution >= 0.6 is 11.3 Å². The average molecular weight is 272 g/mol. The number of carbonyl (C=O) groups excluding carboxylic acids is 1. The highest BCUT2D eigenvalue weighted by atomic mass is 32.1. The van der Waals surface area contributed by atoms with Crippen LogP contribution in [-0.4, -0.2) is 47.1 Å². The third-order valence-electron chi connectivity index (χ3n) is 2.56. The maximum Gasteiger partial charge on any atom is 0.326 e. The predicted octanol–water partition coefficient (Wildman–Crippen LogP) is 1.14. The summed E-state index contributed by atoms with van der Waals surface area (Å²) in [7, 11) is 3.02. The van der Waals surface area contributed by atoms with E-state index in [4.69, 9.17) is 9.84 Å². The van der Waals surface area contributed by atoms with Crippen molar-refractivity contribution in [2.75, 3.05) is 14.2 Å². The van der Waals surface area contributed by atoms with Gasteiger partial charge in [0.25, 0.3) is 5.91 Å². The number of thiazole rings is 1. The molecule has 0 aliphatic rings. The molecule has 1 amide bonds. The van der Waals surface area contributed by atoms with Gasteiger partial charge in [-0.25, -0.2) is 9.78 Å². The minimum atomic E-state index is -1.04. The first kappa shape index (κ1) is 14.6. The molecule has 0 saturated heterocycles. The largest absolute Gasteiger partial charge is 0.480 e. The van der Waals surface area contributed by atoms with Gasteiger partial charge >= 0.3 is 5.97 Å². The first-order valence-corrected chi connectivity index (χ1v) is 6.15. The summed E-state index contributed by atoms with van der Waals surface area (Å²) < 4.78 is 4.95. The Labute approximate surface area is 109 Å². The van der Waals surface area contributed by atoms with E-state index < -0.39 is 12.0 Å². The van der Waals surface area contributed by atoms with Crippen molar-refractivity contribution < 1.29 is 19.4 Å². The van der Waals surface area contributed by atoms with Crippen molar-refractivity contribution in [2.24, 2.45) is 0 Å². The van der Waals surface area contributed by atoms with E-state index in [1.54, 1.807) is 14.0 Å². The van der Waals surface area contributed by atoms with Crippen LogP contribution in [0.1, 0.15) is 27.3 Å². The number of carboxylic acid groups (broad SMARTS) is 1. The first-order chi connectivity index (χ1) is 8.38. The zero-order valence-corrected chi connectivity index (χ0v) is 11.6. The third-order valence-corrected chi connectivity index (χ3v) is 3.68. The lowest BCUT2D eigenvalue weighted by molar-refractivity contribution is -0.141. The van der Waals surface area contributed by atoms with Crippen LogP contribution in [0.4, 0.5) is 0 Å². The monoisotopic (exact) mass is 272 g/mol. The normalized spacial score (nSPS) is 12.2. The molecule has 100 valence electrons. The van der Waals surface area contributed by atoms with E-state index in [-0.39, 0.29) is 5.91 Å². The van der Waals surface area contributed by atoms with E-state index in [1.165, 1.54) is 30.2 Å². The van der Waals surface area contributed by atoms with Gasteiger partial charge in [-0.15, -0.1) is 11.3 Å². The minimum absolute atomic E-state index is 0.331. The molecule has 0 aromatic carbocycles. The quantitative estimate of drug-likeness (QED) is 0.869. The highest BCUT2D eigenvalue weighted by Gasteiger charge is 2.25. The zero-order valence-electron chi connectivity index (χ0n) is 10.8. The number of hydrogen-bond acceptors (Lipinski definition) is 5. The van der Waals surface area contributed by atoms with Gasteiger partial charge in [-0.1, -0.05) is 0 Å². The molecule has 1 heterocycles. The predicted molar refractivity (Wildman–Crippen MR) is 66.8 cm³/mol. The van der Waals surface area contributed by atoms with Gasteiger partial charge < -0.3 is 14.7 Å². The molecule has 1 N–H and O–H groups in total. The van der Waals surface area contributed by atoms with E-state index in [2.05, 4.69) is 4.98 Å². The Bertz CT molecular complexity index is 458. The van der Waals surface area contributed by atoms with Gasteiger partial charge in [0.15, 0.2) is 0 Å². The number of likely N-dealkylation sites (N-methyl/N-ethyl adjacent to an activating group) is 1. The number of nitrogens with zero attached hydrogens (tertiary/aromatic N) is 2. The van der Waals surface area contributed by atoms with Gasteiger partial charge in [-0.05, 0) is 13.8 Å². The van der Waals surface area contributed by atoms with Crippen molar-refractivity contribution in [3.63, 3.8) is 0 Å². The fourth-order valence-electron chi connectivity index (χ4n) is 1.34. The molecular formula is C11H16N2O4S. The lowest BCUT2D eigenvalue weighted by Gasteiger charge is -2.20. The van der Waals surface area contributed by atoms with Crippen LogP contribution in [0.5, 0.6) is 0 Å². The highest BCUT2D eigenvalue weighted by molar-refractivity contribution is 7.13. The van der Waals surface area contributed by atoms with Crippen molar-refractivity contribution in [2.45, 2.75) is 26.5 Å². The van der Waals surface area contributed by atoms with Crippen molar-refractivity contribution >= 4 is 23.2 Å². The van der Waals surface area contributed by atoms with Gasteiger partial charge in [0, 0.05) is 14.2 Å². The Hall–Kier alpha value is -1.47. The molecule has 0 spiro atoms. The molecule has 1 unspecified atom stereocenters. The number of hydrogen-bond donors (Lipinski definition) is 1. The van der Waals surface area contributed by atoms with Crippen LogP contribution in [0.15, 0.2) is 0 Å². The number of carbonyl (C=O) groups is 2. The molecule has 1 atom stereocenters. The van der Waals surface area contributed by atoms with Crippen molar-refractivity contribution in [3.8, 4) is 0 Å². The number of aliphatic carboxylic acids is 1. The maximum absolute atomic E-state index is 12.1. The van der Waals surface area contributed by atoms with Crippen LogP contribution in [0.25, 0.3) is 0 Å². The summed E-state index contributed by atoms with van der Waals surface area (Å²) in [5.41, 5.74) is 0.599. The fourth-order valence-corrected chi connectivity index (χ4v) is 2.36. The Balaban J connectivity index is 2.93. The molecule has 1 rings (SSSR count). The third kappa shape index (κ3) is 3.05. The summed E-state index contributed by atoms with van der Waals surface area (Å²) in [6, 6.07) is -0.870. The number of ether oxygens (including phenoxy) is 1. The molecule has 1 aromatic rings. The van der Waals surface area contributed by atoms with Crippen molar-refractivity contribution in [3.05, 3.63) is 15.6 Å². The minimum Gasteiger partial charge on any atom is -0.480 e. The van der Waals surface area contributed by atoms with Crippen molar-refractivity contribution in [1.29, 1.82) is 0 Å². The van der Waals surface area contributed by atoms with E-state index in [0.29, 0.717) is 22.2 Å². The zero-order chi connectivity index (χ0) is 13.9. The second kappa shape index (κ2) is 5.92. The summed E-state index contributed by atoms with van der Waals surface area (Å²) >= 11 is 1.23. The van der Waals surface area contributed by atoms with Gasteiger partial charge in [0.05, 0.1) is 12.3 Å². The number of methoxy groups -OCH3 is 1. The summed E-state index contributed by atoms with van der Waals surface area (Å²) in [6.45, 7) is 3.53. The number of carboxylic acids is 1. The number of amides is 1. The van der Waals surface area contributed by atoms with Gasteiger partial charge in [-0.2, -0.15) is 0 Å². The van der Waals surface area contributed by atoms with Gasteiger partial charge in [-0.3, -0.25) is 4.79 Å². The molecule has 0 bridgehead atoms. The molecule has 7 heteroatoms. The van der Waals surface area contributed by atoms with E-state index >= 15 is 0 Å². The molecule has 0 saturated carbocycles. The Morgan fingerprint density at radius 3 is 2.67 bits per heavy atom. The molecular weight excluding hydrogens is 256 g/mol. The van der Waals surface area contributed by atoms with Gasteiger partial charge in [0.2, 0.25) is 0 Å². The maximum atomic E-state index is 12.1. The summed E-state index contributed by atoms with van der Waals surface area (Å²) in [4.78, 5) is 28.8. The first-order valence-electron chi connectivity index (χ1n) is 5.33. The van der Waals surface area contributed by atoms with Crippen LogP contribution < -0.4 is 0 Å². The lowest BCUT2D eigenvalue weighted by atomic mass is 10.2. The summed E-state index contributed by atoms with van der Waals surface area (Å²) in [6.07, 6.45) is 0. The Morgan fingerprint density at radius 2 is 2.17 bits per heavy atom. The second-order valence-corrected chi connectivity index (χ2v) is 4.97. The van der Waals surface area contributed by atoms with E-state index in [0.717, 1.165) is 0 Å². The number of aryl methyl sites for hydroxylation is 1. The topological polar surface area (TPSA) is 79.7 Å². The number of aromatic nitrogens is 1. The Kier molecular flexibility index (Phi) is 4.80. The van der Waals surface area contributed by atoms with Crippen LogP contribution in [0.2, 0.25) is 0 Å². The van der Waals surface area contributed by atoms with Crippen LogP contribution in [0, 0.1) is 6.92 Å². The van der Waals surface area contributed by atoms with Crippen molar-refractivity contribution in [1.82, 2.24) is 9.88 Å². The van der Waals surface area contributed by atoms with Crippen LogP contribution in [0.3, 0.4) is 0 Å². The van der Waals surface area contributed by atoms with Gasteiger partial charge in [0.1, 0.15) is 15.9 Å². The molecule has 0 fully saturated rings. The molecule has 6 nitrogen and oxygen atoms in total. The molecule has 0 aliphatic heterocycles. The SMILES string of the molecule is COCc1nc(C)c(C(=O)N(C)C(C)C(=O)O)s1. The average Bonchev–Trinajstić information content (AvgIpc) is 2.67. The standard InChI is InChI=1S/C11H16N2O4S/c1-6-9(18-8(12-6)5-17-4)10(14)13(3)7(2)11(15)16/h7H,5H2,1-4H3,(H,15,16). The highest BCUT2D eigenvalue weighted by Crippen LogP contribution is 2.21. The molecule has 0 radical (unpaired) electrons. The summed E-state index contributed by atoms with van der Waals surface area (Å²) in [5.74, 6) is -1.37. The Morgan fingerprint density at radius 1 is 1.56 bits per heavy atom. The lowest BCUT2D eigenvalue weighted by Crippen LogP contribution is -2.40. The van der Waals surface area contributed by atoms with E-state index in [9.17, 15) is 9.59 Å². The molecule has 0 aliphatic carbocycles. The molecule has 1 aromatic heterocycles. The fraction of sp³-hybridized carbons (Fsp3) is 0.545. The smallest absolute Gasteiger partial charge is 0.326 e.